The quantitative estimate of drug-likeness (QED) is 0.333. The second-order valence-electron chi connectivity index (χ2n) is 7.40. The van der Waals surface area contributed by atoms with Crippen molar-refractivity contribution in [3.05, 3.63) is 94.0 Å². The van der Waals surface area contributed by atoms with Crippen molar-refractivity contribution < 1.29 is 24.5 Å². The summed E-state index contributed by atoms with van der Waals surface area (Å²) in [5.41, 5.74) is 1.81. The number of halogens is 1. The van der Waals surface area contributed by atoms with E-state index in [2.05, 4.69) is 0 Å². The van der Waals surface area contributed by atoms with Crippen LogP contribution in [0.25, 0.3) is 5.76 Å². The summed E-state index contributed by atoms with van der Waals surface area (Å²) in [6.07, 6.45) is 0. The van der Waals surface area contributed by atoms with Crippen LogP contribution < -0.4 is 9.64 Å². The molecule has 1 fully saturated rings. The number of phenolic OH excluding ortho intramolecular Hbond substituents is 1. The number of ketones is 1. The molecule has 6 nitrogen and oxygen atoms in total. The smallest absolute Gasteiger partial charge is 0.300 e. The summed E-state index contributed by atoms with van der Waals surface area (Å²) in [4.78, 5) is 27.7. The van der Waals surface area contributed by atoms with E-state index >= 15 is 0 Å². The number of carbonyl (C=O) groups excluding carboxylic acids is 2. The number of aliphatic hydroxyl groups excluding tert-OH is 1. The Morgan fingerprint density at radius 2 is 1.78 bits per heavy atom. The molecule has 0 spiro atoms. The summed E-state index contributed by atoms with van der Waals surface area (Å²) in [5, 5.41) is 21.5. The second-order valence-corrected chi connectivity index (χ2v) is 7.80. The lowest BCUT2D eigenvalue weighted by atomic mass is 9.94. The van der Waals surface area contributed by atoms with Crippen molar-refractivity contribution in [1.29, 1.82) is 0 Å². The highest BCUT2D eigenvalue weighted by Gasteiger charge is 2.47. The van der Waals surface area contributed by atoms with Gasteiger partial charge in [0, 0.05) is 11.3 Å². The number of methoxy groups -OCH3 is 1. The van der Waals surface area contributed by atoms with Crippen molar-refractivity contribution in [2.75, 3.05) is 12.0 Å². The van der Waals surface area contributed by atoms with Crippen molar-refractivity contribution in [3.63, 3.8) is 0 Å². The molecule has 0 bridgehead atoms. The van der Waals surface area contributed by atoms with Gasteiger partial charge in [-0.25, -0.2) is 0 Å². The van der Waals surface area contributed by atoms with Crippen molar-refractivity contribution in [3.8, 4) is 11.5 Å². The third-order valence-corrected chi connectivity index (χ3v) is 5.76. The Bertz CT molecular complexity index is 1270. The van der Waals surface area contributed by atoms with Crippen LogP contribution in [0.3, 0.4) is 0 Å². The van der Waals surface area contributed by atoms with Crippen LogP contribution in [0.1, 0.15) is 22.7 Å². The van der Waals surface area contributed by atoms with E-state index in [-0.39, 0.29) is 21.9 Å². The van der Waals surface area contributed by atoms with Crippen molar-refractivity contribution in [1.82, 2.24) is 0 Å². The first-order chi connectivity index (χ1) is 15.3. The number of aliphatic hydroxyl groups is 1. The molecule has 2 N–H and O–H groups in total. The molecule has 0 radical (unpaired) electrons. The van der Waals surface area contributed by atoms with Gasteiger partial charge in [-0.05, 0) is 54.4 Å². The predicted octanol–water partition coefficient (Wildman–Crippen LogP) is 4.99. The SMILES string of the molecule is COc1ccc(Cl)c(/C(O)=C2\C(=O)C(=O)N(c3ccccc3C)C2c2cccc(O)c2)c1. The van der Waals surface area contributed by atoms with E-state index in [0.717, 1.165) is 5.56 Å². The lowest BCUT2D eigenvalue weighted by molar-refractivity contribution is -0.132. The van der Waals surface area contributed by atoms with Gasteiger partial charge < -0.3 is 14.9 Å². The minimum Gasteiger partial charge on any atom is -0.508 e. The number of rotatable bonds is 4. The molecule has 3 aromatic carbocycles. The molecule has 1 heterocycles. The van der Waals surface area contributed by atoms with E-state index in [1.807, 2.05) is 19.1 Å². The lowest BCUT2D eigenvalue weighted by Gasteiger charge is -2.27. The topological polar surface area (TPSA) is 87.1 Å². The first kappa shape index (κ1) is 21.5. The number of hydrogen-bond donors (Lipinski definition) is 2. The highest BCUT2D eigenvalue weighted by Crippen LogP contribution is 2.44. The third-order valence-electron chi connectivity index (χ3n) is 5.43. The maximum Gasteiger partial charge on any atom is 0.300 e. The Morgan fingerprint density at radius 1 is 1.03 bits per heavy atom. The van der Waals surface area contributed by atoms with Gasteiger partial charge in [-0.2, -0.15) is 0 Å². The van der Waals surface area contributed by atoms with Crippen molar-refractivity contribution >= 4 is 34.7 Å². The van der Waals surface area contributed by atoms with Gasteiger partial charge in [0.2, 0.25) is 0 Å². The average Bonchev–Trinajstić information content (AvgIpc) is 3.04. The predicted molar refractivity (Wildman–Crippen MR) is 122 cm³/mol. The zero-order valence-corrected chi connectivity index (χ0v) is 18.1. The van der Waals surface area contributed by atoms with Crippen LogP contribution >= 0.6 is 11.6 Å². The molecule has 32 heavy (non-hydrogen) atoms. The standard InChI is InChI=1S/C25H20ClNO5/c1-14-6-3-4-9-20(14)27-22(15-7-5-8-16(28)12-15)21(24(30)25(27)31)23(29)18-13-17(32-2)10-11-19(18)26/h3-13,22,28-29H,1-2H3/b23-21+. The Balaban J connectivity index is 2.01. The number of carbonyl (C=O) groups is 2. The van der Waals surface area contributed by atoms with Gasteiger partial charge in [-0.3, -0.25) is 14.5 Å². The summed E-state index contributed by atoms with van der Waals surface area (Å²) in [6.45, 7) is 1.83. The van der Waals surface area contributed by atoms with Gasteiger partial charge in [-0.1, -0.05) is 41.9 Å². The molecule has 1 amide bonds. The minimum atomic E-state index is -0.967. The number of amides is 1. The maximum atomic E-state index is 13.2. The van der Waals surface area contributed by atoms with Gasteiger partial charge in [-0.15, -0.1) is 0 Å². The maximum absolute atomic E-state index is 13.2. The fourth-order valence-electron chi connectivity index (χ4n) is 3.88. The molecule has 1 saturated heterocycles. The first-order valence-corrected chi connectivity index (χ1v) is 10.2. The number of anilines is 1. The molecule has 1 unspecified atom stereocenters. The number of benzene rings is 3. The monoisotopic (exact) mass is 449 g/mol. The highest BCUT2D eigenvalue weighted by atomic mass is 35.5. The molecule has 1 aliphatic heterocycles. The van der Waals surface area contributed by atoms with Crippen LogP contribution in [0, 0.1) is 6.92 Å². The Kier molecular flexibility index (Phi) is 5.63. The molecule has 3 aromatic rings. The molecule has 7 heteroatoms. The van der Waals surface area contributed by atoms with Crippen LogP contribution in [0.5, 0.6) is 11.5 Å². The first-order valence-electron chi connectivity index (χ1n) is 9.83. The average molecular weight is 450 g/mol. The second kappa shape index (κ2) is 8.40. The number of phenols is 1. The van der Waals surface area contributed by atoms with Crippen molar-refractivity contribution in [2.45, 2.75) is 13.0 Å². The number of ether oxygens (including phenoxy) is 1. The fraction of sp³-hybridized carbons (Fsp3) is 0.120. The largest absolute Gasteiger partial charge is 0.508 e. The molecule has 4 rings (SSSR count). The summed E-state index contributed by atoms with van der Waals surface area (Å²) >= 11 is 6.31. The molecule has 0 aliphatic carbocycles. The van der Waals surface area contributed by atoms with E-state index in [4.69, 9.17) is 16.3 Å². The molecule has 1 aliphatic rings. The van der Waals surface area contributed by atoms with E-state index in [1.54, 1.807) is 30.3 Å². The number of para-hydroxylation sites is 1. The molecule has 162 valence electrons. The van der Waals surface area contributed by atoms with Crippen LogP contribution in [0.15, 0.2) is 72.3 Å². The summed E-state index contributed by atoms with van der Waals surface area (Å²) in [7, 11) is 1.47. The summed E-state index contributed by atoms with van der Waals surface area (Å²) < 4.78 is 5.22. The highest BCUT2D eigenvalue weighted by molar-refractivity contribution is 6.52. The van der Waals surface area contributed by atoms with Crippen LogP contribution in [0.4, 0.5) is 5.69 Å². The third kappa shape index (κ3) is 3.59. The van der Waals surface area contributed by atoms with Gasteiger partial charge in [0.05, 0.1) is 23.7 Å². The van der Waals surface area contributed by atoms with Gasteiger partial charge in [0.25, 0.3) is 11.7 Å². The number of hydrogen-bond acceptors (Lipinski definition) is 5. The van der Waals surface area contributed by atoms with Crippen LogP contribution in [-0.4, -0.2) is 29.0 Å². The molecular formula is C25H20ClNO5. The van der Waals surface area contributed by atoms with E-state index in [0.29, 0.717) is 17.0 Å². The van der Waals surface area contributed by atoms with Crippen LogP contribution in [0.2, 0.25) is 5.02 Å². The fourth-order valence-corrected chi connectivity index (χ4v) is 4.09. The van der Waals surface area contributed by atoms with Crippen LogP contribution in [-0.2, 0) is 9.59 Å². The van der Waals surface area contributed by atoms with Gasteiger partial charge in [0.15, 0.2) is 0 Å². The number of nitrogens with zero attached hydrogens (tertiary/aromatic N) is 1. The Hall–Kier alpha value is -3.77. The summed E-state index contributed by atoms with van der Waals surface area (Å²) in [5.74, 6) is -1.65. The number of aromatic hydroxyl groups is 1. The normalized spacial score (nSPS) is 17.6. The molecular weight excluding hydrogens is 430 g/mol. The van der Waals surface area contributed by atoms with E-state index in [9.17, 15) is 19.8 Å². The summed E-state index contributed by atoms with van der Waals surface area (Å²) in [6, 6.07) is 17.1. The molecule has 0 saturated carbocycles. The zero-order chi connectivity index (χ0) is 23.0. The Labute approximate surface area is 189 Å². The number of aryl methyl sites for hydroxylation is 1. The lowest BCUT2D eigenvalue weighted by Crippen LogP contribution is -2.30. The van der Waals surface area contributed by atoms with E-state index < -0.39 is 23.5 Å². The zero-order valence-electron chi connectivity index (χ0n) is 17.4. The Morgan fingerprint density at radius 3 is 2.47 bits per heavy atom. The van der Waals surface area contributed by atoms with Gasteiger partial charge >= 0.3 is 0 Å². The van der Waals surface area contributed by atoms with Gasteiger partial charge in [0.1, 0.15) is 17.3 Å². The molecule has 1 atom stereocenters. The van der Waals surface area contributed by atoms with E-state index in [1.165, 1.54) is 36.3 Å². The minimum absolute atomic E-state index is 0.0303. The molecule has 0 aromatic heterocycles. The van der Waals surface area contributed by atoms with Crippen molar-refractivity contribution in [2.24, 2.45) is 0 Å². The number of Topliss-reactive ketones (excluding diaryl/α,β-unsaturated/α-hetero) is 1.